The van der Waals surface area contributed by atoms with Gasteiger partial charge in [-0.3, -0.25) is 0 Å². The fourth-order valence-corrected chi connectivity index (χ4v) is 3.48. The summed E-state index contributed by atoms with van der Waals surface area (Å²) in [5, 5.41) is 3.59. The Kier molecular flexibility index (Phi) is 5.53. The van der Waals surface area contributed by atoms with Gasteiger partial charge >= 0.3 is 0 Å². The Balaban J connectivity index is 1.39. The van der Waals surface area contributed by atoms with E-state index in [0.29, 0.717) is 0 Å². The van der Waals surface area contributed by atoms with Crippen molar-refractivity contribution < 1.29 is 4.74 Å². The third-order valence-corrected chi connectivity index (χ3v) is 4.85. The van der Waals surface area contributed by atoms with Crippen molar-refractivity contribution in [3.05, 3.63) is 29.8 Å². The summed E-state index contributed by atoms with van der Waals surface area (Å²) in [5.74, 6) is 0.987. The highest BCUT2D eigenvalue weighted by atomic mass is 16.5. The third kappa shape index (κ3) is 4.45. The van der Waals surface area contributed by atoms with Crippen molar-refractivity contribution in [2.24, 2.45) is 5.92 Å². The molecule has 3 rings (SSSR count). The van der Waals surface area contributed by atoms with Gasteiger partial charge in [-0.25, -0.2) is 0 Å². The number of hydrogen-bond donors (Lipinski definition) is 1. The lowest BCUT2D eigenvalue weighted by Crippen LogP contribution is -2.36. The van der Waals surface area contributed by atoms with E-state index < -0.39 is 0 Å². The molecule has 0 spiro atoms. The molecule has 21 heavy (non-hydrogen) atoms. The summed E-state index contributed by atoms with van der Waals surface area (Å²) in [7, 11) is 0. The zero-order chi connectivity index (χ0) is 14.3. The maximum absolute atomic E-state index is 5.40. The molecule has 1 saturated carbocycles. The lowest BCUT2D eigenvalue weighted by Gasteiger charge is -2.28. The van der Waals surface area contributed by atoms with E-state index in [2.05, 4.69) is 34.5 Å². The first-order valence-corrected chi connectivity index (χ1v) is 8.54. The monoisotopic (exact) mass is 288 g/mol. The van der Waals surface area contributed by atoms with Gasteiger partial charge in [-0.05, 0) is 36.6 Å². The van der Waals surface area contributed by atoms with Crippen molar-refractivity contribution in [3.8, 4) is 0 Å². The molecule has 1 N–H and O–H groups in total. The Hall–Kier alpha value is -1.06. The molecule has 0 bridgehead atoms. The Morgan fingerprint density at radius 1 is 1.05 bits per heavy atom. The predicted octanol–water partition coefficient (Wildman–Crippen LogP) is 3.19. The van der Waals surface area contributed by atoms with Crippen LogP contribution in [0.4, 0.5) is 5.69 Å². The van der Waals surface area contributed by atoms with Crippen LogP contribution in [0.3, 0.4) is 0 Å². The maximum atomic E-state index is 5.40. The Morgan fingerprint density at radius 2 is 1.76 bits per heavy atom. The number of nitrogens with one attached hydrogen (secondary N) is 1. The summed E-state index contributed by atoms with van der Waals surface area (Å²) in [5.41, 5.74) is 2.71. The summed E-state index contributed by atoms with van der Waals surface area (Å²) < 4.78 is 5.40. The van der Waals surface area contributed by atoms with E-state index >= 15 is 0 Å². The number of morpholine rings is 1. The van der Waals surface area contributed by atoms with Crippen LogP contribution in [0.2, 0.25) is 0 Å². The fraction of sp³-hybridized carbons (Fsp3) is 0.667. The number of ether oxygens (including phenoxy) is 1. The van der Waals surface area contributed by atoms with E-state index in [1.165, 1.54) is 43.4 Å². The van der Waals surface area contributed by atoms with E-state index in [9.17, 15) is 0 Å². The van der Waals surface area contributed by atoms with Crippen LogP contribution in [0.5, 0.6) is 0 Å². The summed E-state index contributed by atoms with van der Waals surface area (Å²) in [6.45, 7) is 5.89. The first-order chi connectivity index (χ1) is 10.4. The molecule has 116 valence electrons. The molecular formula is C18H28N2O. The maximum Gasteiger partial charge on any atom is 0.0642 e. The molecule has 0 unspecified atom stereocenters. The van der Waals surface area contributed by atoms with Crippen LogP contribution in [-0.4, -0.2) is 32.8 Å². The Bertz CT molecular complexity index is 406. The highest BCUT2D eigenvalue weighted by Crippen LogP contribution is 2.26. The largest absolute Gasteiger partial charge is 0.378 e. The highest BCUT2D eigenvalue weighted by molar-refractivity contribution is 5.47. The number of rotatable bonds is 6. The molecule has 1 aromatic carbocycles. The van der Waals surface area contributed by atoms with Crippen molar-refractivity contribution in [3.63, 3.8) is 0 Å². The minimum Gasteiger partial charge on any atom is -0.378 e. The second kappa shape index (κ2) is 7.81. The first-order valence-electron chi connectivity index (χ1n) is 8.54. The van der Waals surface area contributed by atoms with Crippen LogP contribution in [0.15, 0.2) is 24.3 Å². The van der Waals surface area contributed by atoms with E-state index in [-0.39, 0.29) is 0 Å². The predicted molar refractivity (Wildman–Crippen MR) is 87.8 cm³/mol. The van der Waals surface area contributed by atoms with Gasteiger partial charge in [-0.2, -0.15) is 0 Å². The van der Waals surface area contributed by atoms with E-state index in [4.69, 9.17) is 4.74 Å². The summed E-state index contributed by atoms with van der Waals surface area (Å²) in [6, 6.07) is 9.01. The zero-order valence-corrected chi connectivity index (χ0v) is 13.0. The van der Waals surface area contributed by atoms with Crippen molar-refractivity contribution >= 4 is 5.69 Å². The molecule has 2 fully saturated rings. The third-order valence-electron chi connectivity index (χ3n) is 4.85. The lowest BCUT2D eigenvalue weighted by molar-refractivity contribution is 0.122. The number of hydrogen-bond acceptors (Lipinski definition) is 3. The van der Waals surface area contributed by atoms with E-state index in [0.717, 1.165) is 45.3 Å². The van der Waals surface area contributed by atoms with Gasteiger partial charge in [0.15, 0.2) is 0 Å². The van der Waals surface area contributed by atoms with Crippen molar-refractivity contribution in [1.82, 2.24) is 5.32 Å². The standard InChI is InChI=1S/C18H28N2O/c1-2-4-16(3-1)9-10-19-15-17-5-7-18(8-6-17)20-11-13-21-14-12-20/h5-8,16,19H,1-4,9-15H2. The summed E-state index contributed by atoms with van der Waals surface area (Å²) in [4.78, 5) is 2.40. The lowest BCUT2D eigenvalue weighted by atomic mass is 10.0. The second-order valence-electron chi connectivity index (χ2n) is 6.38. The zero-order valence-electron chi connectivity index (χ0n) is 13.0. The molecule has 1 saturated heterocycles. The topological polar surface area (TPSA) is 24.5 Å². The van der Waals surface area contributed by atoms with Crippen LogP contribution < -0.4 is 10.2 Å². The van der Waals surface area contributed by atoms with Crippen molar-refractivity contribution in [1.29, 1.82) is 0 Å². The molecule has 2 aliphatic rings. The summed E-state index contributed by atoms with van der Waals surface area (Å²) in [6.07, 6.45) is 7.17. The average molecular weight is 288 g/mol. The van der Waals surface area contributed by atoms with Gasteiger partial charge < -0.3 is 15.0 Å². The van der Waals surface area contributed by atoms with E-state index in [1.807, 2.05) is 0 Å². The molecule has 0 aromatic heterocycles. The number of nitrogens with zero attached hydrogens (tertiary/aromatic N) is 1. The molecule has 3 heteroatoms. The van der Waals surface area contributed by atoms with Gasteiger partial charge in [0.25, 0.3) is 0 Å². The molecule has 1 aromatic rings. The minimum absolute atomic E-state index is 0.852. The minimum atomic E-state index is 0.852. The first kappa shape index (κ1) is 14.9. The molecule has 1 aliphatic heterocycles. The quantitative estimate of drug-likeness (QED) is 0.814. The molecular weight excluding hydrogens is 260 g/mol. The van der Waals surface area contributed by atoms with E-state index in [1.54, 1.807) is 0 Å². The van der Waals surface area contributed by atoms with Gasteiger partial charge in [0, 0.05) is 25.3 Å². The Morgan fingerprint density at radius 3 is 2.48 bits per heavy atom. The van der Waals surface area contributed by atoms with Crippen LogP contribution in [0.25, 0.3) is 0 Å². The smallest absolute Gasteiger partial charge is 0.0642 e. The summed E-state index contributed by atoms with van der Waals surface area (Å²) >= 11 is 0. The molecule has 0 amide bonds. The molecule has 0 atom stereocenters. The van der Waals surface area contributed by atoms with Crippen LogP contribution in [0, 0.1) is 5.92 Å². The molecule has 0 radical (unpaired) electrons. The van der Waals surface area contributed by atoms with Gasteiger partial charge in [0.1, 0.15) is 0 Å². The fourth-order valence-electron chi connectivity index (χ4n) is 3.48. The SMILES string of the molecule is c1cc(N2CCOCC2)ccc1CNCCC1CCCC1. The second-order valence-corrected chi connectivity index (χ2v) is 6.38. The Labute approximate surface area is 128 Å². The normalized spacial score (nSPS) is 20.1. The number of anilines is 1. The van der Waals surface area contributed by atoms with Gasteiger partial charge in [-0.1, -0.05) is 37.8 Å². The van der Waals surface area contributed by atoms with Crippen molar-refractivity contribution in [2.45, 2.75) is 38.6 Å². The average Bonchev–Trinajstić information content (AvgIpc) is 3.06. The van der Waals surface area contributed by atoms with Crippen LogP contribution in [0.1, 0.15) is 37.7 Å². The van der Waals surface area contributed by atoms with Gasteiger partial charge in [0.05, 0.1) is 13.2 Å². The van der Waals surface area contributed by atoms with Crippen LogP contribution in [-0.2, 0) is 11.3 Å². The highest BCUT2D eigenvalue weighted by Gasteiger charge is 2.14. The van der Waals surface area contributed by atoms with Crippen LogP contribution >= 0.6 is 0 Å². The van der Waals surface area contributed by atoms with Gasteiger partial charge in [-0.15, -0.1) is 0 Å². The molecule has 3 nitrogen and oxygen atoms in total. The molecule has 1 aliphatic carbocycles. The van der Waals surface area contributed by atoms with Gasteiger partial charge in [0.2, 0.25) is 0 Å². The molecule has 1 heterocycles. The van der Waals surface area contributed by atoms with Crippen molar-refractivity contribution in [2.75, 3.05) is 37.7 Å². The number of benzene rings is 1.